The SMILES string of the molecule is C(#Cc1c2c(c(-c3ccccc3)c3ccccc13)C1OOC2c2ccccc21)c1ccccc1. The van der Waals surface area contributed by atoms with Gasteiger partial charge in [0.15, 0.2) is 0 Å². The molecule has 0 aromatic heterocycles. The Morgan fingerprint density at radius 1 is 0.500 bits per heavy atom. The van der Waals surface area contributed by atoms with Crippen LogP contribution in [0.15, 0.2) is 109 Å². The van der Waals surface area contributed by atoms with Crippen LogP contribution in [0.4, 0.5) is 0 Å². The van der Waals surface area contributed by atoms with Crippen molar-refractivity contribution in [2.24, 2.45) is 0 Å². The molecule has 2 aliphatic heterocycles. The maximum atomic E-state index is 6.01. The summed E-state index contributed by atoms with van der Waals surface area (Å²) in [4.78, 5) is 12.0. The van der Waals surface area contributed by atoms with Gasteiger partial charge >= 0.3 is 0 Å². The van der Waals surface area contributed by atoms with Crippen LogP contribution in [0.2, 0.25) is 0 Å². The van der Waals surface area contributed by atoms with Crippen molar-refractivity contribution in [3.8, 4) is 23.0 Å². The van der Waals surface area contributed by atoms with E-state index in [1.807, 2.05) is 30.3 Å². The van der Waals surface area contributed by atoms with E-state index in [1.54, 1.807) is 0 Å². The lowest BCUT2D eigenvalue weighted by Crippen LogP contribution is -2.30. The van der Waals surface area contributed by atoms with Crippen LogP contribution in [0, 0.1) is 11.8 Å². The molecule has 160 valence electrons. The summed E-state index contributed by atoms with van der Waals surface area (Å²) in [6, 6.07) is 37.7. The van der Waals surface area contributed by atoms with Gasteiger partial charge < -0.3 is 0 Å². The Labute approximate surface area is 198 Å². The van der Waals surface area contributed by atoms with Gasteiger partial charge in [0, 0.05) is 22.3 Å². The lowest BCUT2D eigenvalue weighted by molar-refractivity contribution is -0.360. The Morgan fingerprint density at radius 2 is 1.06 bits per heavy atom. The molecule has 2 bridgehead atoms. The highest BCUT2D eigenvalue weighted by molar-refractivity contribution is 6.03. The zero-order chi connectivity index (χ0) is 22.5. The van der Waals surface area contributed by atoms with E-state index >= 15 is 0 Å². The fourth-order valence-electron chi connectivity index (χ4n) is 5.34. The normalized spacial score (nSPS) is 17.5. The van der Waals surface area contributed by atoms with Gasteiger partial charge in [0.25, 0.3) is 0 Å². The number of hydrogen-bond acceptors (Lipinski definition) is 2. The second-order valence-corrected chi connectivity index (χ2v) is 8.69. The van der Waals surface area contributed by atoms with Gasteiger partial charge in [0.2, 0.25) is 0 Å². The second-order valence-electron chi connectivity index (χ2n) is 8.69. The van der Waals surface area contributed by atoms with E-state index in [0.717, 1.165) is 33.2 Å². The largest absolute Gasteiger partial charge is 0.223 e. The van der Waals surface area contributed by atoms with Gasteiger partial charge in [-0.05, 0) is 45.2 Å². The van der Waals surface area contributed by atoms with Gasteiger partial charge in [-0.3, -0.25) is 0 Å². The predicted molar refractivity (Wildman–Crippen MR) is 134 cm³/mol. The Balaban J connectivity index is 1.61. The molecule has 0 fully saturated rings. The highest BCUT2D eigenvalue weighted by Gasteiger charge is 2.44. The molecule has 2 unspecified atom stereocenters. The molecule has 5 aromatic carbocycles. The smallest absolute Gasteiger partial charge is 0.145 e. The molecular weight excluding hydrogens is 416 g/mol. The van der Waals surface area contributed by atoms with E-state index in [1.165, 1.54) is 22.1 Å². The minimum absolute atomic E-state index is 0.298. The van der Waals surface area contributed by atoms with Gasteiger partial charge in [0.1, 0.15) is 12.2 Å². The van der Waals surface area contributed by atoms with Crippen LogP contribution in [-0.2, 0) is 9.78 Å². The van der Waals surface area contributed by atoms with Crippen molar-refractivity contribution >= 4 is 10.8 Å². The summed E-state index contributed by atoms with van der Waals surface area (Å²) in [5.41, 5.74) is 8.99. The average Bonchev–Trinajstić information content (AvgIpc) is 2.92. The molecule has 2 atom stereocenters. The minimum atomic E-state index is -0.316. The van der Waals surface area contributed by atoms with Crippen LogP contribution in [0.3, 0.4) is 0 Å². The number of hydrogen-bond donors (Lipinski definition) is 0. The number of rotatable bonds is 1. The molecule has 2 heteroatoms. The zero-order valence-corrected chi connectivity index (χ0v) is 18.4. The highest BCUT2D eigenvalue weighted by Crippen LogP contribution is 2.55. The van der Waals surface area contributed by atoms with Crippen LogP contribution in [0.5, 0.6) is 0 Å². The first-order chi connectivity index (χ1) is 16.9. The molecule has 0 amide bonds. The van der Waals surface area contributed by atoms with Crippen LogP contribution < -0.4 is 0 Å². The van der Waals surface area contributed by atoms with E-state index in [4.69, 9.17) is 9.78 Å². The molecule has 1 aliphatic carbocycles. The Bertz CT molecular complexity index is 1610. The third-order valence-electron chi connectivity index (χ3n) is 6.80. The van der Waals surface area contributed by atoms with Crippen LogP contribution >= 0.6 is 0 Å². The molecule has 34 heavy (non-hydrogen) atoms. The maximum Gasteiger partial charge on any atom is 0.145 e. The highest BCUT2D eigenvalue weighted by atomic mass is 17.2. The predicted octanol–water partition coefficient (Wildman–Crippen LogP) is 7.36. The molecule has 0 radical (unpaired) electrons. The van der Waals surface area contributed by atoms with Crippen LogP contribution in [0.1, 0.15) is 45.6 Å². The summed E-state index contributed by atoms with van der Waals surface area (Å²) in [6.07, 6.45) is -0.614. The summed E-state index contributed by atoms with van der Waals surface area (Å²) in [5, 5.41) is 2.32. The van der Waals surface area contributed by atoms with E-state index in [9.17, 15) is 0 Å². The Morgan fingerprint density at radius 3 is 1.76 bits per heavy atom. The summed E-state index contributed by atoms with van der Waals surface area (Å²) in [7, 11) is 0. The van der Waals surface area contributed by atoms with Crippen molar-refractivity contribution in [1.82, 2.24) is 0 Å². The van der Waals surface area contributed by atoms with E-state index in [-0.39, 0.29) is 12.2 Å². The first kappa shape index (κ1) is 19.3. The standard InChI is InChI=1S/C32H20O2/c1-3-11-21(12-4-1)19-20-25-23-15-7-8-16-24(23)28(22-13-5-2-6-14-22)30-29(25)31-26-17-9-10-18-27(26)32(30)34-33-31/h1-18,31-32H. The average molecular weight is 437 g/mol. The lowest BCUT2D eigenvalue weighted by atomic mass is 9.74. The van der Waals surface area contributed by atoms with Crippen LogP contribution in [0.25, 0.3) is 21.9 Å². The molecule has 2 nitrogen and oxygen atoms in total. The summed E-state index contributed by atoms with van der Waals surface area (Å²) < 4.78 is 0. The third kappa shape index (κ3) is 2.85. The van der Waals surface area contributed by atoms with Gasteiger partial charge in [-0.1, -0.05) is 109 Å². The topological polar surface area (TPSA) is 18.5 Å². The van der Waals surface area contributed by atoms with E-state index in [0.29, 0.717) is 0 Å². The first-order valence-electron chi connectivity index (χ1n) is 11.5. The molecule has 8 rings (SSSR count). The third-order valence-corrected chi connectivity index (χ3v) is 6.80. The van der Waals surface area contributed by atoms with Gasteiger partial charge in [0.05, 0.1) is 0 Å². The van der Waals surface area contributed by atoms with Crippen molar-refractivity contribution in [2.75, 3.05) is 0 Å². The molecule has 0 saturated heterocycles. The van der Waals surface area contributed by atoms with E-state index in [2.05, 4.69) is 90.7 Å². The maximum absolute atomic E-state index is 6.01. The van der Waals surface area contributed by atoms with Gasteiger partial charge in [-0.15, -0.1) is 0 Å². The quantitative estimate of drug-likeness (QED) is 0.202. The minimum Gasteiger partial charge on any atom is -0.223 e. The molecule has 5 aromatic rings. The molecular formula is C32H20O2. The van der Waals surface area contributed by atoms with Gasteiger partial charge in [-0.2, -0.15) is 0 Å². The molecule has 0 N–H and O–H groups in total. The van der Waals surface area contributed by atoms with E-state index < -0.39 is 0 Å². The summed E-state index contributed by atoms with van der Waals surface area (Å²) >= 11 is 0. The number of benzene rings is 5. The number of fused-ring (bicyclic) bond motifs is 2. The van der Waals surface area contributed by atoms with Crippen molar-refractivity contribution in [3.63, 3.8) is 0 Å². The molecule has 0 spiro atoms. The Kier molecular flexibility index (Phi) is 4.38. The van der Waals surface area contributed by atoms with Crippen molar-refractivity contribution < 1.29 is 9.78 Å². The summed E-state index contributed by atoms with van der Waals surface area (Å²) in [6.45, 7) is 0. The first-order valence-corrected chi connectivity index (χ1v) is 11.5. The fraction of sp³-hybridized carbons (Fsp3) is 0.0625. The van der Waals surface area contributed by atoms with Gasteiger partial charge in [-0.25, -0.2) is 9.78 Å². The van der Waals surface area contributed by atoms with Crippen molar-refractivity contribution in [2.45, 2.75) is 12.2 Å². The zero-order valence-electron chi connectivity index (χ0n) is 18.4. The van der Waals surface area contributed by atoms with Crippen molar-refractivity contribution in [3.05, 3.63) is 143 Å². The molecule has 0 saturated carbocycles. The fourth-order valence-corrected chi connectivity index (χ4v) is 5.34. The second kappa shape index (κ2) is 7.71. The summed E-state index contributed by atoms with van der Waals surface area (Å²) in [5.74, 6) is 6.94. The van der Waals surface area contributed by atoms with Crippen LogP contribution in [-0.4, -0.2) is 0 Å². The molecule has 2 heterocycles. The monoisotopic (exact) mass is 436 g/mol. The lowest BCUT2D eigenvalue weighted by Gasteiger charge is -2.41. The van der Waals surface area contributed by atoms with Crippen molar-refractivity contribution in [1.29, 1.82) is 0 Å². The Hall–Kier alpha value is -4.16. The molecule has 3 aliphatic rings.